The summed E-state index contributed by atoms with van der Waals surface area (Å²) in [5.74, 6) is 0.308. The van der Waals surface area contributed by atoms with Crippen molar-refractivity contribution in [1.82, 2.24) is 19.1 Å². The van der Waals surface area contributed by atoms with Gasteiger partial charge < -0.3 is 10.7 Å². The Morgan fingerprint density at radius 2 is 1.79 bits per heavy atom. The molecule has 1 aliphatic rings. The van der Waals surface area contributed by atoms with Crippen LogP contribution in [-0.2, 0) is 7.05 Å². The lowest BCUT2D eigenvalue weighted by atomic mass is 10.1. The summed E-state index contributed by atoms with van der Waals surface area (Å²) in [7, 11) is 1.80. The maximum atomic E-state index is 12.8. The minimum Gasteiger partial charge on any atom is -0.351 e. The number of aromatic nitrogens is 4. The van der Waals surface area contributed by atoms with E-state index < -0.39 is 6.03 Å². The molecule has 4 N–H and O–H groups in total. The van der Waals surface area contributed by atoms with E-state index in [1.807, 2.05) is 47.9 Å². The maximum Gasteiger partial charge on any atom is 0.329 e. The molecule has 172 valence electrons. The van der Waals surface area contributed by atoms with Gasteiger partial charge >= 0.3 is 11.7 Å². The number of anilines is 1. The van der Waals surface area contributed by atoms with E-state index in [2.05, 4.69) is 34.3 Å². The third-order valence-corrected chi connectivity index (χ3v) is 6.12. The van der Waals surface area contributed by atoms with Crippen molar-refractivity contribution in [3.8, 4) is 11.3 Å². The first-order valence-corrected chi connectivity index (χ1v) is 11.2. The zero-order chi connectivity index (χ0) is 23.5. The summed E-state index contributed by atoms with van der Waals surface area (Å²) in [5, 5.41) is 2.45. The molecule has 8 heteroatoms. The van der Waals surface area contributed by atoms with Crippen molar-refractivity contribution in [2.24, 2.45) is 12.8 Å². The van der Waals surface area contributed by atoms with Crippen LogP contribution in [0.4, 0.5) is 10.7 Å². The number of aryl methyl sites for hydroxylation is 3. The molecule has 0 spiro atoms. The number of nitrogens with one attached hydrogen (secondary N) is 2. The number of primary amides is 1. The Balaban J connectivity index is 0.000000318. The van der Waals surface area contributed by atoms with E-state index in [0.29, 0.717) is 5.95 Å². The monoisotopic (exact) mass is 446 g/mol. The second-order valence-corrected chi connectivity index (χ2v) is 8.56. The lowest BCUT2D eigenvalue weighted by Gasteiger charge is -2.11. The van der Waals surface area contributed by atoms with Crippen molar-refractivity contribution in [1.29, 1.82) is 0 Å². The Morgan fingerprint density at radius 3 is 2.39 bits per heavy atom. The summed E-state index contributed by atoms with van der Waals surface area (Å²) < 4.78 is 3.63. The number of rotatable bonds is 3. The number of benzene rings is 2. The topological polar surface area (TPSA) is 111 Å². The van der Waals surface area contributed by atoms with E-state index >= 15 is 0 Å². The number of nitrogens with zero attached hydrogens (tertiary/aromatic N) is 3. The summed E-state index contributed by atoms with van der Waals surface area (Å²) >= 11 is 0. The molecule has 0 unspecified atom stereocenters. The molecule has 8 nitrogen and oxygen atoms in total. The normalized spacial score (nSPS) is 13.7. The minimum atomic E-state index is -0.670. The van der Waals surface area contributed by atoms with Crippen LogP contribution in [0.5, 0.6) is 0 Å². The summed E-state index contributed by atoms with van der Waals surface area (Å²) in [4.78, 5) is 31.2. The maximum absolute atomic E-state index is 12.8. The molecule has 0 saturated heterocycles. The molecule has 0 atom stereocenters. The average molecular weight is 447 g/mol. The third-order valence-electron chi connectivity index (χ3n) is 6.12. The SMILES string of the molecule is Cc1[nH]c(NC(N)=O)nc1-c1ccc2c(c1)n(C)c(=O)n2C1CCCC1.Cc1ccccc1. The number of carbonyl (C=O) groups is 1. The van der Waals surface area contributed by atoms with Crippen molar-refractivity contribution in [2.45, 2.75) is 45.6 Å². The number of hydrogen-bond acceptors (Lipinski definition) is 3. The first-order valence-electron chi connectivity index (χ1n) is 11.2. The molecule has 33 heavy (non-hydrogen) atoms. The average Bonchev–Trinajstić information content (AvgIpc) is 3.49. The van der Waals surface area contributed by atoms with Gasteiger partial charge in [-0.25, -0.2) is 14.6 Å². The Labute approximate surface area is 192 Å². The molecule has 1 aliphatic carbocycles. The smallest absolute Gasteiger partial charge is 0.329 e. The number of amides is 2. The molecule has 0 aliphatic heterocycles. The lowest BCUT2D eigenvalue weighted by molar-refractivity contribution is 0.259. The van der Waals surface area contributed by atoms with Crippen molar-refractivity contribution in [3.63, 3.8) is 0 Å². The van der Waals surface area contributed by atoms with E-state index in [9.17, 15) is 9.59 Å². The standard InChI is InChI=1S/C18H22N6O2.C7H8/c1-10-15(21-17(20-10)22-16(19)25)11-7-8-13-14(9-11)23(2)18(26)24(13)12-5-3-4-6-12;1-7-5-3-2-4-6-7/h7-9,12H,3-6H2,1-2H3,(H4,19,20,21,22,25);2-6H,1H3. The summed E-state index contributed by atoms with van der Waals surface area (Å²) in [6, 6.07) is 15.8. The van der Waals surface area contributed by atoms with Gasteiger partial charge in [-0.15, -0.1) is 0 Å². The fourth-order valence-electron chi connectivity index (χ4n) is 4.48. The first-order chi connectivity index (χ1) is 15.8. The third kappa shape index (κ3) is 4.69. The number of aromatic amines is 1. The van der Waals surface area contributed by atoms with E-state index in [0.717, 1.165) is 40.8 Å². The van der Waals surface area contributed by atoms with Gasteiger partial charge in [0.15, 0.2) is 0 Å². The molecule has 0 bridgehead atoms. The van der Waals surface area contributed by atoms with Crippen LogP contribution in [0.25, 0.3) is 22.3 Å². The highest BCUT2D eigenvalue weighted by Gasteiger charge is 2.23. The molecule has 4 aromatic rings. The van der Waals surface area contributed by atoms with Crippen LogP contribution in [0.2, 0.25) is 0 Å². The van der Waals surface area contributed by atoms with Crippen molar-refractivity contribution >= 4 is 23.0 Å². The van der Waals surface area contributed by atoms with Crippen molar-refractivity contribution < 1.29 is 4.79 Å². The van der Waals surface area contributed by atoms with E-state index in [4.69, 9.17) is 5.73 Å². The number of urea groups is 1. The Hall–Kier alpha value is -3.81. The van der Waals surface area contributed by atoms with Gasteiger partial charge in [-0.3, -0.25) is 14.5 Å². The first kappa shape index (κ1) is 22.4. The number of H-pyrrole nitrogens is 1. The van der Waals surface area contributed by atoms with Crippen LogP contribution in [0, 0.1) is 13.8 Å². The number of nitrogens with two attached hydrogens (primary N) is 1. The van der Waals surface area contributed by atoms with Gasteiger partial charge in [0.05, 0.1) is 16.7 Å². The molecule has 1 fully saturated rings. The molecule has 1 saturated carbocycles. The highest BCUT2D eigenvalue weighted by Crippen LogP contribution is 2.32. The predicted octanol–water partition coefficient (Wildman–Crippen LogP) is 4.64. The summed E-state index contributed by atoms with van der Waals surface area (Å²) in [5.41, 5.74) is 10.7. The zero-order valence-electron chi connectivity index (χ0n) is 19.3. The summed E-state index contributed by atoms with van der Waals surface area (Å²) in [6.45, 7) is 3.96. The van der Waals surface area contributed by atoms with Gasteiger partial charge in [-0.2, -0.15) is 0 Å². The van der Waals surface area contributed by atoms with Gasteiger partial charge in [-0.1, -0.05) is 54.8 Å². The van der Waals surface area contributed by atoms with Crippen LogP contribution >= 0.6 is 0 Å². The molecule has 2 aromatic heterocycles. The van der Waals surface area contributed by atoms with Crippen LogP contribution in [0.15, 0.2) is 53.3 Å². The van der Waals surface area contributed by atoms with Crippen molar-refractivity contribution in [3.05, 3.63) is 70.3 Å². The fourth-order valence-corrected chi connectivity index (χ4v) is 4.48. The molecular formula is C25H30N6O2. The van der Waals surface area contributed by atoms with Crippen LogP contribution in [0.1, 0.15) is 43.0 Å². The number of imidazole rings is 2. The fraction of sp³-hybridized carbons (Fsp3) is 0.320. The highest BCUT2D eigenvalue weighted by molar-refractivity contribution is 5.87. The van der Waals surface area contributed by atoms with E-state index in [1.165, 1.54) is 18.4 Å². The quantitative estimate of drug-likeness (QED) is 0.426. The number of hydrogen-bond donors (Lipinski definition) is 3. The number of carbonyl (C=O) groups excluding carboxylic acids is 1. The van der Waals surface area contributed by atoms with Crippen molar-refractivity contribution in [2.75, 3.05) is 5.32 Å². The Bertz CT molecular complexity index is 1330. The zero-order valence-corrected chi connectivity index (χ0v) is 19.3. The summed E-state index contributed by atoms with van der Waals surface area (Å²) in [6.07, 6.45) is 4.46. The Kier molecular flexibility index (Phi) is 6.35. The number of fused-ring (bicyclic) bond motifs is 1. The molecule has 0 radical (unpaired) electrons. The minimum absolute atomic E-state index is 0.0267. The molecular weight excluding hydrogens is 416 g/mol. The van der Waals surface area contributed by atoms with E-state index in [1.54, 1.807) is 11.6 Å². The Morgan fingerprint density at radius 1 is 1.09 bits per heavy atom. The predicted molar refractivity (Wildman–Crippen MR) is 131 cm³/mol. The second kappa shape index (κ2) is 9.36. The van der Waals surface area contributed by atoms with Gasteiger partial charge in [0, 0.05) is 24.3 Å². The second-order valence-electron chi connectivity index (χ2n) is 8.56. The van der Waals surface area contributed by atoms with Gasteiger partial charge in [-0.05, 0) is 38.8 Å². The van der Waals surface area contributed by atoms with Gasteiger partial charge in [0.2, 0.25) is 5.95 Å². The van der Waals surface area contributed by atoms with E-state index in [-0.39, 0.29) is 11.7 Å². The van der Waals surface area contributed by atoms with Crippen LogP contribution < -0.4 is 16.7 Å². The molecule has 2 heterocycles. The largest absolute Gasteiger partial charge is 0.351 e. The molecule has 5 rings (SSSR count). The molecule has 2 aromatic carbocycles. The van der Waals surface area contributed by atoms with Gasteiger partial charge in [0.25, 0.3) is 0 Å². The molecule has 2 amide bonds. The van der Waals surface area contributed by atoms with Gasteiger partial charge in [0.1, 0.15) is 0 Å². The van der Waals surface area contributed by atoms with Crippen LogP contribution in [-0.4, -0.2) is 25.1 Å². The highest BCUT2D eigenvalue weighted by atomic mass is 16.2. The lowest BCUT2D eigenvalue weighted by Crippen LogP contribution is -2.24. The van der Waals surface area contributed by atoms with Crippen LogP contribution in [0.3, 0.4) is 0 Å².